The first-order valence-corrected chi connectivity index (χ1v) is 4.33. The number of carbonyl (C=O) groups is 1. The third kappa shape index (κ3) is 2.08. The highest BCUT2D eigenvalue weighted by atomic mass is 19.3. The fraction of sp³-hybridized carbons (Fsp3) is 0.333. The highest BCUT2D eigenvalue weighted by molar-refractivity contribution is 5.90. The van der Waals surface area contributed by atoms with Crippen molar-refractivity contribution in [2.45, 2.75) is 13.0 Å². The second-order valence-electron chi connectivity index (χ2n) is 2.92. The lowest BCUT2D eigenvalue weighted by Crippen LogP contribution is -2.24. The van der Waals surface area contributed by atoms with Crippen LogP contribution in [-0.4, -0.2) is 18.1 Å². The molecule has 0 fully saturated rings. The van der Waals surface area contributed by atoms with Crippen molar-refractivity contribution in [2.75, 3.05) is 7.11 Å². The number of halogens is 2. The summed E-state index contributed by atoms with van der Waals surface area (Å²) in [5, 5.41) is 0. The van der Waals surface area contributed by atoms with Gasteiger partial charge in [-0.2, -0.15) is 0 Å². The van der Waals surface area contributed by atoms with Crippen molar-refractivity contribution in [2.24, 2.45) is 5.73 Å². The summed E-state index contributed by atoms with van der Waals surface area (Å²) in [5.41, 5.74) is 3.33. The van der Waals surface area contributed by atoms with Crippen molar-refractivity contribution in [1.29, 1.82) is 0 Å². The van der Waals surface area contributed by atoms with Gasteiger partial charge < -0.3 is 15.5 Å². The number of H-pyrrole nitrogens is 1. The van der Waals surface area contributed by atoms with Gasteiger partial charge in [-0.3, -0.25) is 4.79 Å². The van der Waals surface area contributed by atoms with Gasteiger partial charge >= 0.3 is 5.97 Å². The molecule has 0 amide bonds. The van der Waals surface area contributed by atoms with Crippen molar-refractivity contribution in [3.8, 4) is 0 Å². The Hall–Kier alpha value is -1.76. The Morgan fingerprint density at radius 1 is 1.62 bits per heavy atom. The number of ether oxygens (including phenoxy) is 1. The van der Waals surface area contributed by atoms with E-state index < -0.39 is 29.1 Å². The summed E-state index contributed by atoms with van der Waals surface area (Å²) >= 11 is 0. The number of alkyl halides is 2. The molecule has 0 aliphatic carbocycles. The maximum absolute atomic E-state index is 12.6. The Morgan fingerprint density at radius 2 is 2.25 bits per heavy atom. The third-order valence-electron chi connectivity index (χ3n) is 2.06. The monoisotopic (exact) mass is 232 g/mol. The van der Waals surface area contributed by atoms with Crippen LogP contribution in [0.3, 0.4) is 0 Å². The fourth-order valence-corrected chi connectivity index (χ4v) is 1.32. The van der Waals surface area contributed by atoms with E-state index >= 15 is 0 Å². The van der Waals surface area contributed by atoms with Gasteiger partial charge in [0.05, 0.1) is 7.11 Å². The van der Waals surface area contributed by atoms with Crippen LogP contribution >= 0.6 is 0 Å². The van der Waals surface area contributed by atoms with Crippen molar-refractivity contribution in [3.63, 3.8) is 0 Å². The lowest BCUT2D eigenvalue weighted by Gasteiger charge is -2.10. The third-order valence-corrected chi connectivity index (χ3v) is 2.06. The molecule has 5 nitrogen and oxygen atoms in total. The van der Waals surface area contributed by atoms with Gasteiger partial charge in [-0.25, -0.2) is 13.6 Å². The summed E-state index contributed by atoms with van der Waals surface area (Å²) in [5.74, 6) is -0.982. The molecule has 0 aromatic carbocycles. The first-order valence-electron chi connectivity index (χ1n) is 4.33. The summed E-state index contributed by atoms with van der Waals surface area (Å²) in [7, 11) is 1.05. The zero-order valence-corrected chi connectivity index (χ0v) is 8.42. The summed E-state index contributed by atoms with van der Waals surface area (Å²) in [6, 6.07) is 0. The molecule has 1 rings (SSSR count). The Labute approximate surface area is 89.2 Å². The number of rotatable bonds is 3. The van der Waals surface area contributed by atoms with Crippen molar-refractivity contribution < 1.29 is 18.3 Å². The summed E-state index contributed by atoms with van der Waals surface area (Å²) in [6.07, 6.45) is -1.97. The maximum atomic E-state index is 12.6. The molecule has 16 heavy (non-hydrogen) atoms. The molecule has 88 valence electrons. The second-order valence-corrected chi connectivity index (χ2v) is 2.92. The quantitative estimate of drug-likeness (QED) is 0.745. The fourth-order valence-electron chi connectivity index (χ4n) is 1.32. The molecule has 0 aliphatic heterocycles. The predicted octanol–water partition coefficient (Wildman–Crippen LogP) is 0.558. The van der Waals surface area contributed by atoms with Crippen LogP contribution in [0, 0.1) is 0 Å². The molecule has 3 N–H and O–H groups in total. The topological polar surface area (TPSA) is 85.2 Å². The first kappa shape index (κ1) is 12.3. The molecule has 0 radical (unpaired) electrons. The van der Waals surface area contributed by atoms with E-state index in [4.69, 9.17) is 5.73 Å². The number of hydrogen-bond donors (Lipinski definition) is 2. The van der Waals surface area contributed by atoms with E-state index in [9.17, 15) is 18.4 Å². The predicted molar refractivity (Wildman–Crippen MR) is 51.3 cm³/mol. The smallest absolute Gasteiger partial charge is 0.343 e. The highest BCUT2D eigenvalue weighted by Crippen LogP contribution is 2.22. The zero-order chi connectivity index (χ0) is 12.3. The van der Waals surface area contributed by atoms with E-state index in [2.05, 4.69) is 4.74 Å². The van der Waals surface area contributed by atoms with E-state index in [1.54, 1.807) is 0 Å². The number of aromatic nitrogens is 1. The van der Waals surface area contributed by atoms with Crippen LogP contribution in [0.15, 0.2) is 11.0 Å². The van der Waals surface area contributed by atoms with Crippen molar-refractivity contribution in [1.82, 2.24) is 4.98 Å². The molecule has 0 atom stereocenters. The van der Waals surface area contributed by atoms with E-state index in [1.165, 1.54) is 0 Å². The number of nitrogens with one attached hydrogen (secondary N) is 1. The molecule has 1 aromatic heterocycles. The normalized spacial score (nSPS) is 10.6. The van der Waals surface area contributed by atoms with Gasteiger partial charge in [0.15, 0.2) is 0 Å². The molecule has 1 aromatic rings. The standard InChI is InChI=1S/C9H10F2N2O3/c1-16-9(15)6-4(2-12)5(7(10)11)3-13-8(6)14/h3,7H,2,12H2,1H3,(H,13,14). The average molecular weight is 232 g/mol. The van der Waals surface area contributed by atoms with Gasteiger partial charge in [-0.15, -0.1) is 0 Å². The van der Waals surface area contributed by atoms with Crippen molar-refractivity contribution in [3.05, 3.63) is 33.2 Å². The Balaban J connectivity index is 3.50. The van der Waals surface area contributed by atoms with E-state index in [0.717, 1.165) is 13.3 Å². The Bertz CT molecular complexity index is 457. The number of hydrogen-bond acceptors (Lipinski definition) is 4. The van der Waals surface area contributed by atoms with Gasteiger partial charge in [0.25, 0.3) is 12.0 Å². The second kappa shape index (κ2) is 4.84. The Morgan fingerprint density at radius 3 is 2.69 bits per heavy atom. The SMILES string of the molecule is COC(=O)c1c(CN)c(C(F)F)c[nH]c1=O. The molecule has 7 heteroatoms. The summed E-state index contributed by atoms with van der Waals surface area (Å²) in [4.78, 5) is 24.6. The van der Waals surface area contributed by atoms with E-state index in [-0.39, 0.29) is 12.1 Å². The molecule has 0 saturated heterocycles. The number of esters is 1. The molecule has 0 bridgehead atoms. The molecule has 0 saturated carbocycles. The van der Waals surface area contributed by atoms with Gasteiger partial charge in [-0.05, 0) is 5.56 Å². The van der Waals surface area contributed by atoms with E-state index in [1.807, 2.05) is 4.98 Å². The average Bonchev–Trinajstić information content (AvgIpc) is 2.26. The van der Waals surface area contributed by atoms with Gasteiger partial charge in [0.1, 0.15) is 5.56 Å². The Kier molecular flexibility index (Phi) is 3.73. The first-order chi connectivity index (χ1) is 7.52. The van der Waals surface area contributed by atoms with Crippen LogP contribution in [0.1, 0.15) is 27.9 Å². The lowest BCUT2D eigenvalue weighted by molar-refractivity contribution is 0.0596. The van der Waals surface area contributed by atoms with Gasteiger partial charge in [0.2, 0.25) is 0 Å². The molecule has 0 unspecified atom stereocenters. The zero-order valence-electron chi connectivity index (χ0n) is 8.42. The minimum absolute atomic E-state index is 0.189. The van der Waals surface area contributed by atoms with Gasteiger partial charge in [0, 0.05) is 18.3 Å². The number of pyridine rings is 1. The molecule has 1 heterocycles. The highest BCUT2D eigenvalue weighted by Gasteiger charge is 2.22. The van der Waals surface area contributed by atoms with Crippen LogP contribution in [0.5, 0.6) is 0 Å². The van der Waals surface area contributed by atoms with E-state index in [0.29, 0.717) is 0 Å². The summed E-state index contributed by atoms with van der Waals surface area (Å²) < 4.78 is 29.5. The summed E-state index contributed by atoms with van der Waals surface area (Å²) in [6.45, 7) is -0.339. The number of aromatic amines is 1. The minimum atomic E-state index is -2.82. The lowest BCUT2D eigenvalue weighted by atomic mass is 10.0. The van der Waals surface area contributed by atoms with Crippen LogP contribution < -0.4 is 11.3 Å². The van der Waals surface area contributed by atoms with Crippen LogP contribution in [0.25, 0.3) is 0 Å². The minimum Gasteiger partial charge on any atom is -0.465 e. The molecule has 0 aliphatic rings. The number of nitrogens with two attached hydrogens (primary N) is 1. The van der Waals surface area contributed by atoms with Crippen LogP contribution in [-0.2, 0) is 11.3 Å². The van der Waals surface area contributed by atoms with Crippen molar-refractivity contribution >= 4 is 5.97 Å². The number of carbonyl (C=O) groups excluding carboxylic acids is 1. The maximum Gasteiger partial charge on any atom is 0.343 e. The van der Waals surface area contributed by atoms with Crippen LogP contribution in [0.4, 0.5) is 8.78 Å². The molecule has 0 spiro atoms. The largest absolute Gasteiger partial charge is 0.465 e. The molecular formula is C9H10F2N2O3. The van der Waals surface area contributed by atoms with Gasteiger partial charge in [-0.1, -0.05) is 0 Å². The number of methoxy groups -OCH3 is 1. The molecular weight excluding hydrogens is 222 g/mol. The van der Waals surface area contributed by atoms with Crippen LogP contribution in [0.2, 0.25) is 0 Å².